The first-order chi connectivity index (χ1) is 43.7. The third kappa shape index (κ3) is 16.2. The highest BCUT2D eigenvalue weighted by Gasteiger charge is 2.64. The molecular weight excluding hydrogens is 1290 g/mol. The van der Waals surface area contributed by atoms with Gasteiger partial charge in [-0.15, -0.1) is 0 Å². The number of aliphatic hydroxyl groups is 24. The second kappa shape index (κ2) is 32.3. The highest BCUT2D eigenvalue weighted by molar-refractivity contribution is 5.77. The Kier molecular flexibility index (Phi) is 26.8. The highest BCUT2D eigenvalue weighted by Crippen LogP contribution is 2.44. The average Bonchev–Trinajstić information content (AvgIpc) is 0.755. The minimum absolute atomic E-state index is 0.897. The van der Waals surface area contributed by atoms with Crippen molar-refractivity contribution in [2.45, 2.75) is 246 Å². The normalized spacial score (nSPS) is 48.0. The van der Waals surface area contributed by atoms with E-state index < -0.39 is 303 Å². The van der Waals surface area contributed by atoms with Crippen LogP contribution >= 0.6 is 0 Å². The Bertz CT molecular complexity index is 2390. The van der Waals surface area contributed by atoms with Crippen molar-refractivity contribution in [1.82, 2.24) is 5.32 Å². The number of carboxylic acids is 2. The molecule has 540 valence electrons. The Balaban J connectivity index is 1.43. The van der Waals surface area contributed by atoms with Crippen molar-refractivity contribution < 1.29 is 209 Å². The summed E-state index contributed by atoms with van der Waals surface area (Å²) in [7, 11) is 0. The van der Waals surface area contributed by atoms with Gasteiger partial charge in [0.1, 0.15) is 171 Å². The van der Waals surface area contributed by atoms with Gasteiger partial charge < -0.3 is 200 Å². The average molecular weight is 1370 g/mol. The molecule has 93 heavy (non-hydrogen) atoms. The third-order valence-electron chi connectivity index (χ3n) is 16.8. The first kappa shape index (κ1) is 77.3. The number of aliphatic carboxylic acids is 2. The van der Waals surface area contributed by atoms with Gasteiger partial charge in [-0.1, -0.05) is 0 Å². The van der Waals surface area contributed by atoms with E-state index in [4.69, 9.17) is 61.6 Å². The van der Waals surface area contributed by atoms with Gasteiger partial charge in [0, 0.05) is 19.8 Å². The Hall–Kier alpha value is -3.07. The van der Waals surface area contributed by atoms with Crippen molar-refractivity contribution in [1.29, 1.82) is 0 Å². The summed E-state index contributed by atoms with van der Waals surface area (Å²) in [6.07, 6.45) is -83.6. The summed E-state index contributed by atoms with van der Waals surface area (Å²) in [5.74, 6) is -12.7. The summed E-state index contributed by atoms with van der Waals surface area (Å²) >= 11 is 0. The molecule has 1 amide bonds. The Morgan fingerprint density at radius 3 is 1.34 bits per heavy atom. The molecule has 0 bridgehead atoms. The molecule has 7 heterocycles. The SMILES string of the molecule is CC(=O)N[C@H]1[C@@H](O[C@@H]2[C@@H](O[C@@H]3[C@H](O)[C@@H](O[C@H]4[C@@H]([C@H](O)CO)O[C@@](O)(C(=O)O)C[C@H]4O[C@]4(C(=O)O)C[C@@H](O)[C@@H](O)[C@@H]([C@H](O)CO)O4)O[C@H]([C@@H](O)CO)[C@H]3O[C@@H]3O[C@H](CO)[C@@H](O)[C@H](O)[C@H]3O)O[C@H]([C@@H](O)CO)[C@@H](O)[C@@H]2O[C@H]2O[C@H](CO)[C@@H](O)[C@H](O)[C@H]2O)O[C@H](CO)[C@@H](O)[C@@H]1O. The molecule has 37 atom stereocenters. The molecule has 0 saturated carbocycles. The van der Waals surface area contributed by atoms with Crippen LogP contribution in [0.3, 0.4) is 0 Å². The number of carboxylic acid groups (broad SMARTS) is 2. The largest absolute Gasteiger partial charge is 0.477 e. The maximum absolute atomic E-state index is 13.3. The number of aliphatic hydroxyl groups excluding tert-OH is 23. The van der Waals surface area contributed by atoms with Crippen LogP contribution in [0.5, 0.6) is 0 Å². The summed E-state index contributed by atoms with van der Waals surface area (Å²) in [6.45, 7) is -8.13. The zero-order valence-corrected chi connectivity index (χ0v) is 48.7. The Morgan fingerprint density at radius 1 is 0.430 bits per heavy atom. The van der Waals surface area contributed by atoms with Gasteiger partial charge in [0.15, 0.2) is 31.5 Å². The molecule has 0 spiro atoms. The van der Waals surface area contributed by atoms with Crippen LogP contribution in [-0.2, 0) is 76.0 Å². The van der Waals surface area contributed by atoms with E-state index in [0.29, 0.717) is 0 Å². The van der Waals surface area contributed by atoms with Crippen LogP contribution in [-0.4, -0.2) is 423 Å². The van der Waals surface area contributed by atoms with Crippen molar-refractivity contribution in [3.05, 3.63) is 0 Å². The van der Waals surface area contributed by atoms with Crippen LogP contribution < -0.4 is 5.32 Å². The molecule has 43 heteroatoms. The van der Waals surface area contributed by atoms with Crippen molar-refractivity contribution in [3.8, 4) is 0 Å². The van der Waals surface area contributed by atoms with Crippen molar-refractivity contribution in [2.75, 3.05) is 46.2 Å². The molecule has 0 aromatic carbocycles. The minimum Gasteiger partial charge on any atom is -0.477 e. The van der Waals surface area contributed by atoms with Crippen molar-refractivity contribution >= 4 is 17.8 Å². The smallest absolute Gasteiger partial charge is 0.364 e. The van der Waals surface area contributed by atoms with E-state index in [0.717, 1.165) is 6.92 Å². The van der Waals surface area contributed by atoms with Gasteiger partial charge >= 0.3 is 11.9 Å². The second-order valence-corrected chi connectivity index (χ2v) is 23.2. The third-order valence-corrected chi connectivity index (χ3v) is 16.8. The summed E-state index contributed by atoms with van der Waals surface area (Å²) < 4.78 is 76.3. The molecule has 43 nitrogen and oxygen atoms in total. The van der Waals surface area contributed by atoms with Gasteiger partial charge in [-0.3, -0.25) is 4.79 Å². The van der Waals surface area contributed by atoms with E-state index in [-0.39, 0.29) is 0 Å². The van der Waals surface area contributed by atoms with E-state index >= 15 is 0 Å². The summed E-state index contributed by atoms with van der Waals surface area (Å²) in [5.41, 5.74) is 0. The molecule has 7 saturated heterocycles. The number of hydrogen-bond donors (Lipinski definition) is 27. The number of carbonyl (C=O) groups is 3. The molecular formula is C50H83NO42. The lowest BCUT2D eigenvalue weighted by Gasteiger charge is -2.53. The monoisotopic (exact) mass is 1370 g/mol. The molecule has 0 radical (unpaired) electrons. The fourth-order valence-corrected chi connectivity index (χ4v) is 11.7. The fraction of sp³-hybridized carbons (Fsp3) is 0.940. The van der Waals surface area contributed by atoms with Gasteiger partial charge in [-0.25, -0.2) is 9.59 Å². The lowest BCUT2D eigenvalue weighted by Crippen LogP contribution is -2.72. The van der Waals surface area contributed by atoms with Gasteiger partial charge in [-0.05, 0) is 0 Å². The first-order valence-corrected chi connectivity index (χ1v) is 28.9. The molecule has 0 unspecified atom stereocenters. The lowest BCUT2D eigenvalue weighted by atomic mass is 9.89. The Morgan fingerprint density at radius 2 is 0.849 bits per heavy atom. The standard InChI is InChI=1S/C50H83NO42/c1-11(59)51-21-26(69)23(66)18(8-56)81-42(21)90-41-38(87-43-29(72)27(70)24(67)19(9-57)82-43)31(74)33(13(61)4-52)84-46(41)88-39-32(75)45(85-35(15(63)6-54)40(39)89-44-30(73)28(71)25(68)20(10-58)83-44)86-37-17(3-49(80,47(76)77)92-36(37)16(64)7-55)91-50(48(78)79)2-12(60)22(65)34(93-50)14(62)5-53/h12-46,52-58,60-75,80H,2-10H2,1H3,(H,51,59)(H,76,77)(H,78,79)/t12-,13+,14-,15+,16-,17-,18-,19-,20-,21-,22-,23-,24-,25-,26-,27+,28+,29-,30-,31-,32+,33-,34-,35-,36-,37-,38+,39-,40-,41+,42-,43-,44+,45-,46-,49-,50-/m1/s1. The quantitative estimate of drug-likeness (QED) is 0.0382. The van der Waals surface area contributed by atoms with Crippen molar-refractivity contribution in [3.63, 3.8) is 0 Å². The first-order valence-electron chi connectivity index (χ1n) is 28.9. The van der Waals surface area contributed by atoms with E-state index in [1.54, 1.807) is 0 Å². The van der Waals surface area contributed by atoms with E-state index in [2.05, 4.69) is 5.32 Å². The Labute approximate surface area is 523 Å². The number of hydrogen-bond acceptors (Lipinski definition) is 40. The van der Waals surface area contributed by atoms with E-state index in [9.17, 15) is 147 Å². The minimum atomic E-state index is -3.65. The van der Waals surface area contributed by atoms with E-state index in [1.807, 2.05) is 0 Å². The topological polar surface area (TPSA) is 709 Å². The molecule has 7 aliphatic rings. The molecule has 0 aliphatic carbocycles. The van der Waals surface area contributed by atoms with Crippen LogP contribution in [0.1, 0.15) is 19.8 Å². The molecule has 7 rings (SSSR count). The number of ether oxygens (including phenoxy) is 13. The molecule has 7 fully saturated rings. The number of rotatable bonds is 26. The fourth-order valence-electron chi connectivity index (χ4n) is 11.7. The van der Waals surface area contributed by atoms with Crippen molar-refractivity contribution in [2.24, 2.45) is 0 Å². The number of carbonyl (C=O) groups excluding carboxylic acids is 1. The predicted octanol–water partition coefficient (Wildman–Crippen LogP) is -17.7. The maximum atomic E-state index is 13.3. The molecule has 7 aliphatic heterocycles. The molecule has 0 aromatic heterocycles. The van der Waals surface area contributed by atoms with Gasteiger partial charge in [0.25, 0.3) is 11.6 Å². The zero-order chi connectivity index (χ0) is 69.2. The van der Waals surface area contributed by atoms with Crippen LogP contribution in [0.15, 0.2) is 0 Å². The van der Waals surface area contributed by atoms with Gasteiger partial charge in [0.2, 0.25) is 5.91 Å². The van der Waals surface area contributed by atoms with Crippen LogP contribution in [0.2, 0.25) is 0 Å². The lowest BCUT2D eigenvalue weighted by molar-refractivity contribution is -0.423. The van der Waals surface area contributed by atoms with E-state index in [1.165, 1.54) is 0 Å². The number of amides is 1. The molecule has 27 N–H and O–H groups in total. The zero-order valence-electron chi connectivity index (χ0n) is 48.7. The van der Waals surface area contributed by atoms with Crippen LogP contribution in [0.25, 0.3) is 0 Å². The summed E-state index contributed by atoms with van der Waals surface area (Å²) in [6, 6.07) is -1.99. The molecule has 0 aromatic rings. The van der Waals surface area contributed by atoms with Crippen LogP contribution in [0, 0.1) is 0 Å². The van der Waals surface area contributed by atoms with Crippen LogP contribution in [0.4, 0.5) is 0 Å². The second-order valence-electron chi connectivity index (χ2n) is 23.2. The maximum Gasteiger partial charge on any atom is 0.364 e. The number of nitrogens with one attached hydrogen (secondary N) is 1. The van der Waals surface area contributed by atoms with Gasteiger partial charge in [-0.2, -0.15) is 0 Å². The summed E-state index contributed by atoms with van der Waals surface area (Å²) in [5, 5.41) is 286. The predicted molar refractivity (Wildman–Crippen MR) is 278 cm³/mol. The van der Waals surface area contributed by atoms with Gasteiger partial charge in [0.05, 0.1) is 58.5 Å². The highest BCUT2D eigenvalue weighted by atomic mass is 16.8. The summed E-state index contributed by atoms with van der Waals surface area (Å²) in [4.78, 5) is 38.8.